The summed E-state index contributed by atoms with van der Waals surface area (Å²) in [6.07, 6.45) is 5.19. The van der Waals surface area contributed by atoms with Crippen LogP contribution in [0.2, 0.25) is 0 Å². The third-order valence-electron chi connectivity index (χ3n) is 6.64. The van der Waals surface area contributed by atoms with Gasteiger partial charge in [-0.2, -0.15) is 0 Å². The van der Waals surface area contributed by atoms with E-state index >= 15 is 0 Å². The lowest BCUT2D eigenvalue weighted by Gasteiger charge is -2.39. The molecule has 1 N–H and O–H groups in total. The molecule has 0 radical (unpaired) electrons. The van der Waals surface area contributed by atoms with Crippen molar-refractivity contribution >= 4 is 16.7 Å². The number of nitrogens with one attached hydrogen (secondary N) is 1. The molecule has 148 valence electrons. The fraction of sp³-hybridized carbons (Fsp3) is 0.346. The van der Waals surface area contributed by atoms with Gasteiger partial charge < -0.3 is 5.32 Å². The Morgan fingerprint density at radius 3 is 2.59 bits per heavy atom. The van der Waals surface area contributed by atoms with Crippen LogP contribution in [0.15, 0.2) is 66.7 Å². The number of carbonyl (C=O) groups excluding carboxylic acids is 1. The zero-order chi connectivity index (χ0) is 19.6. The van der Waals surface area contributed by atoms with E-state index in [1.54, 1.807) is 0 Å². The van der Waals surface area contributed by atoms with E-state index in [-0.39, 0.29) is 11.9 Å². The van der Waals surface area contributed by atoms with Crippen molar-refractivity contribution in [2.45, 2.75) is 44.2 Å². The minimum Gasteiger partial charge on any atom is -0.347 e. The zero-order valence-electron chi connectivity index (χ0n) is 16.8. The SMILES string of the molecule is O=C(Cc1cccc2ccccc12)NC1c2ccccc2CCC1N1CCCC1. The molecule has 2 unspecified atom stereocenters. The summed E-state index contributed by atoms with van der Waals surface area (Å²) in [5, 5.41) is 5.80. The van der Waals surface area contributed by atoms with E-state index in [1.165, 1.54) is 34.7 Å². The lowest BCUT2D eigenvalue weighted by atomic mass is 9.83. The second-order valence-electron chi connectivity index (χ2n) is 8.41. The molecular formula is C26H28N2O. The molecule has 3 nitrogen and oxygen atoms in total. The molecule has 0 spiro atoms. The first-order valence-corrected chi connectivity index (χ1v) is 10.9. The Labute approximate surface area is 172 Å². The number of likely N-dealkylation sites (tertiary alicyclic amines) is 1. The van der Waals surface area contributed by atoms with Crippen LogP contribution in [0.1, 0.15) is 42.0 Å². The van der Waals surface area contributed by atoms with Crippen LogP contribution in [0.5, 0.6) is 0 Å². The van der Waals surface area contributed by atoms with Gasteiger partial charge in [-0.25, -0.2) is 0 Å². The smallest absolute Gasteiger partial charge is 0.224 e. The lowest BCUT2D eigenvalue weighted by Crippen LogP contribution is -2.48. The van der Waals surface area contributed by atoms with E-state index in [9.17, 15) is 4.79 Å². The van der Waals surface area contributed by atoms with Crippen LogP contribution in [0.25, 0.3) is 10.8 Å². The highest BCUT2D eigenvalue weighted by molar-refractivity contribution is 5.90. The van der Waals surface area contributed by atoms with Gasteiger partial charge in [0.25, 0.3) is 0 Å². The normalized spacial score (nSPS) is 21.8. The predicted octanol–water partition coefficient (Wildman–Crippen LogP) is 4.65. The topological polar surface area (TPSA) is 32.3 Å². The molecule has 1 fully saturated rings. The van der Waals surface area contributed by atoms with E-state index in [4.69, 9.17) is 0 Å². The number of aryl methyl sites for hydroxylation is 1. The zero-order valence-corrected chi connectivity index (χ0v) is 16.8. The van der Waals surface area contributed by atoms with Crippen molar-refractivity contribution in [1.82, 2.24) is 10.2 Å². The van der Waals surface area contributed by atoms with Gasteiger partial charge in [-0.1, -0.05) is 66.7 Å². The van der Waals surface area contributed by atoms with Crippen LogP contribution >= 0.6 is 0 Å². The van der Waals surface area contributed by atoms with Gasteiger partial charge in [0.1, 0.15) is 0 Å². The van der Waals surface area contributed by atoms with Crippen LogP contribution in [0.4, 0.5) is 0 Å². The van der Waals surface area contributed by atoms with Crippen LogP contribution in [0.3, 0.4) is 0 Å². The van der Waals surface area contributed by atoms with Crippen molar-refractivity contribution in [2.75, 3.05) is 13.1 Å². The monoisotopic (exact) mass is 384 g/mol. The summed E-state index contributed by atoms with van der Waals surface area (Å²) in [5.41, 5.74) is 3.79. The largest absolute Gasteiger partial charge is 0.347 e. The maximum atomic E-state index is 13.2. The van der Waals surface area contributed by atoms with Gasteiger partial charge in [0.05, 0.1) is 12.5 Å². The molecule has 2 aliphatic rings. The van der Waals surface area contributed by atoms with Gasteiger partial charge in [0, 0.05) is 6.04 Å². The minimum absolute atomic E-state index is 0.0838. The fourth-order valence-corrected chi connectivity index (χ4v) is 5.23. The Morgan fingerprint density at radius 1 is 0.931 bits per heavy atom. The number of nitrogens with zero attached hydrogens (tertiary/aromatic N) is 1. The summed E-state index contributed by atoms with van der Waals surface area (Å²) in [6, 6.07) is 23.7. The summed E-state index contributed by atoms with van der Waals surface area (Å²) >= 11 is 0. The average molecular weight is 385 g/mol. The molecule has 3 heteroatoms. The molecule has 1 saturated heterocycles. The summed E-state index contributed by atoms with van der Waals surface area (Å²) < 4.78 is 0. The molecule has 1 heterocycles. The van der Waals surface area contributed by atoms with E-state index in [2.05, 4.69) is 58.7 Å². The first-order chi connectivity index (χ1) is 14.3. The molecule has 0 aromatic heterocycles. The van der Waals surface area contributed by atoms with E-state index in [1.807, 2.05) is 18.2 Å². The van der Waals surface area contributed by atoms with E-state index < -0.39 is 0 Å². The van der Waals surface area contributed by atoms with Crippen molar-refractivity contribution in [1.29, 1.82) is 0 Å². The number of rotatable bonds is 4. The molecule has 5 rings (SSSR count). The van der Waals surface area contributed by atoms with Crippen LogP contribution in [-0.2, 0) is 17.6 Å². The Hall–Kier alpha value is -2.65. The molecule has 29 heavy (non-hydrogen) atoms. The highest BCUT2D eigenvalue weighted by Crippen LogP contribution is 2.34. The molecule has 1 aliphatic heterocycles. The minimum atomic E-state index is 0.0838. The number of hydrogen-bond donors (Lipinski definition) is 1. The van der Waals surface area contributed by atoms with Crippen molar-refractivity contribution in [3.8, 4) is 0 Å². The maximum Gasteiger partial charge on any atom is 0.224 e. The standard InChI is InChI=1S/C26H28N2O/c29-25(18-21-11-7-10-19-8-1-3-12-22(19)21)27-26-23-13-4-2-9-20(23)14-15-24(26)28-16-5-6-17-28/h1-4,7-13,24,26H,5-6,14-18H2,(H,27,29). The van der Waals surface area contributed by atoms with E-state index in [0.29, 0.717) is 12.5 Å². The highest BCUT2D eigenvalue weighted by atomic mass is 16.1. The second-order valence-corrected chi connectivity index (χ2v) is 8.41. The Kier molecular flexibility index (Phi) is 5.07. The first-order valence-electron chi connectivity index (χ1n) is 10.9. The molecule has 2 atom stereocenters. The summed E-state index contributed by atoms with van der Waals surface area (Å²) in [7, 11) is 0. The third kappa shape index (κ3) is 3.67. The van der Waals surface area contributed by atoms with Gasteiger partial charge >= 0.3 is 0 Å². The van der Waals surface area contributed by atoms with Crippen molar-refractivity contribution in [3.63, 3.8) is 0 Å². The van der Waals surface area contributed by atoms with Gasteiger partial charge in [-0.05, 0) is 66.2 Å². The molecule has 1 aliphatic carbocycles. The van der Waals surface area contributed by atoms with Crippen molar-refractivity contribution < 1.29 is 4.79 Å². The summed E-state index contributed by atoms with van der Waals surface area (Å²) in [4.78, 5) is 15.8. The van der Waals surface area contributed by atoms with Crippen LogP contribution in [-0.4, -0.2) is 29.9 Å². The molecule has 0 bridgehead atoms. The number of carbonyl (C=O) groups is 1. The summed E-state index contributed by atoms with van der Waals surface area (Å²) in [6.45, 7) is 2.31. The van der Waals surface area contributed by atoms with Crippen LogP contribution in [0, 0.1) is 0 Å². The first kappa shape index (κ1) is 18.4. The molecule has 0 saturated carbocycles. The number of fused-ring (bicyclic) bond motifs is 2. The number of benzene rings is 3. The lowest BCUT2D eigenvalue weighted by molar-refractivity contribution is -0.121. The molecule has 3 aromatic rings. The molecule has 1 amide bonds. The maximum absolute atomic E-state index is 13.2. The van der Waals surface area contributed by atoms with Gasteiger partial charge in [-0.3, -0.25) is 9.69 Å². The van der Waals surface area contributed by atoms with Gasteiger partial charge in [0.2, 0.25) is 5.91 Å². The number of hydrogen-bond acceptors (Lipinski definition) is 2. The molecular weight excluding hydrogens is 356 g/mol. The average Bonchev–Trinajstić information content (AvgIpc) is 3.29. The quantitative estimate of drug-likeness (QED) is 0.710. The third-order valence-corrected chi connectivity index (χ3v) is 6.64. The van der Waals surface area contributed by atoms with Gasteiger partial charge in [0.15, 0.2) is 0 Å². The van der Waals surface area contributed by atoms with E-state index in [0.717, 1.165) is 31.5 Å². The Balaban J connectivity index is 1.41. The number of amides is 1. The van der Waals surface area contributed by atoms with Gasteiger partial charge in [-0.15, -0.1) is 0 Å². The second kappa shape index (κ2) is 8.00. The fourth-order valence-electron chi connectivity index (χ4n) is 5.23. The Morgan fingerprint density at radius 2 is 1.69 bits per heavy atom. The predicted molar refractivity (Wildman–Crippen MR) is 118 cm³/mol. The molecule has 3 aromatic carbocycles. The highest BCUT2D eigenvalue weighted by Gasteiger charge is 2.35. The van der Waals surface area contributed by atoms with Crippen LogP contribution < -0.4 is 5.32 Å². The van der Waals surface area contributed by atoms with Crippen molar-refractivity contribution in [2.24, 2.45) is 0 Å². The summed E-state index contributed by atoms with van der Waals surface area (Å²) in [5.74, 6) is 0.118. The Bertz CT molecular complexity index is 1020. The van der Waals surface area contributed by atoms with Crippen molar-refractivity contribution in [3.05, 3.63) is 83.4 Å².